The van der Waals surface area contributed by atoms with Crippen LogP contribution in [0.4, 0.5) is 10.5 Å². The second-order valence-corrected chi connectivity index (χ2v) is 8.33. The summed E-state index contributed by atoms with van der Waals surface area (Å²) in [5, 5.41) is 6.53. The summed E-state index contributed by atoms with van der Waals surface area (Å²) in [5.41, 5.74) is 1.99. The van der Waals surface area contributed by atoms with Crippen LogP contribution < -0.4 is 10.6 Å². The van der Waals surface area contributed by atoms with Crippen LogP contribution >= 0.6 is 36.6 Å². The summed E-state index contributed by atoms with van der Waals surface area (Å²) < 4.78 is 0. The molecule has 0 saturated carbocycles. The van der Waals surface area contributed by atoms with E-state index in [1.807, 2.05) is 42.2 Å². The summed E-state index contributed by atoms with van der Waals surface area (Å²) in [7, 11) is 0. The van der Waals surface area contributed by atoms with E-state index in [1.165, 1.54) is 4.90 Å². The summed E-state index contributed by atoms with van der Waals surface area (Å²) >= 11 is 1.81. The van der Waals surface area contributed by atoms with Crippen LogP contribution in [0.1, 0.15) is 25.0 Å². The summed E-state index contributed by atoms with van der Waals surface area (Å²) in [6.07, 6.45) is 6.08. The molecular formula is C21H28Cl2N4OS. The van der Waals surface area contributed by atoms with Crippen molar-refractivity contribution in [3.8, 4) is 0 Å². The van der Waals surface area contributed by atoms with Crippen LogP contribution in [-0.4, -0.2) is 46.8 Å². The van der Waals surface area contributed by atoms with Crippen molar-refractivity contribution in [2.75, 3.05) is 24.2 Å². The van der Waals surface area contributed by atoms with Crippen LogP contribution in [0.5, 0.6) is 0 Å². The van der Waals surface area contributed by atoms with Gasteiger partial charge in [0, 0.05) is 46.9 Å². The maximum atomic E-state index is 12.8. The van der Waals surface area contributed by atoms with Crippen LogP contribution in [-0.2, 0) is 6.42 Å². The van der Waals surface area contributed by atoms with Gasteiger partial charge in [-0.15, -0.1) is 36.6 Å². The normalized spacial score (nSPS) is 20.2. The third kappa shape index (κ3) is 6.25. The number of carbonyl (C=O) groups is 1. The molecule has 8 heteroatoms. The van der Waals surface area contributed by atoms with Crippen LogP contribution in [0.3, 0.4) is 0 Å². The average Bonchev–Trinajstić information content (AvgIpc) is 2.97. The van der Waals surface area contributed by atoms with Crippen LogP contribution in [0.15, 0.2) is 53.6 Å². The number of rotatable bonds is 5. The predicted molar refractivity (Wildman–Crippen MR) is 125 cm³/mol. The van der Waals surface area contributed by atoms with E-state index in [0.717, 1.165) is 55.9 Å². The molecular weight excluding hydrogens is 427 g/mol. The fourth-order valence-corrected chi connectivity index (χ4v) is 4.83. The number of amides is 2. The second-order valence-electron chi connectivity index (χ2n) is 7.16. The number of hydrogen-bond acceptors (Lipinski definition) is 4. The molecule has 2 amide bonds. The molecule has 29 heavy (non-hydrogen) atoms. The van der Waals surface area contributed by atoms with Gasteiger partial charge < -0.3 is 15.5 Å². The molecule has 0 unspecified atom stereocenters. The van der Waals surface area contributed by atoms with Gasteiger partial charge >= 0.3 is 6.03 Å². The zero-order valence-electron chi connectivity index (χ0n) is 16.3. The molecule has 2 fully saturated rings. The van der Waals surface area contributed by atoms with Gasteiger partial charge in [0.15, 0.2) is 0 Å². The third-order valence-electron chi connectivity index (χ3n) is 5.35. The van der Waals surface area contributed by atoms with E-state index in [1.54, 1.807) is 0 Å². The topological polar surface area (TPSA) is 57.3 Å². The quantitative estimate of drug-likeness (QED) is 0.647. The molecule has 2 aromatic rings. The Bertz CT molecular complexity index is 749. The van der Waals surface area contributed by atoms with Crippen molar-refractivity contribution < 1.29 is 4.79 Å². The fraction of sp³-hybridized carbons (Fsp3) is 0.429. The number of hydrogen-bond donors (Lipinski definition) is 2. The highest BCUT2D eigenvalue weighted by molar-refractivity contribution is 7.99. The Hall–Kier alpha value is -1.47. The molecule has 0 radical (unpaired) electrons. The van der Waals surface area contributed by atoms with E-state index >= 15 is 0 Å². The van der Waals surface area contributed by atoms with Crippen LogP contribution in [0, 0.1) is 0 Å². The first-order valence-electron chi connectivity index (χ1n) is 9.72. The highest BCUT2D eigenvalue weighted by Crippen LogP contribution is 2.29. The Kier molecular flexibility index (Phi) is 9.56. The zero-order chi connectivity index (χ0) is 18.5. The van der Waals surface area contributed by atoms with Crippen LogP contribution in [0.2, 0.25) is 0 Å². The van der Waals surface area contributed by atoms with Crippen molar-refractivity contribution in [3.63, 3.8) is 0 Å². The number of fused-ring (bicyclic) bond motifs is 2. The SMILES string of the molecule is Cl.Cl.O=C(Nc1ccc(SCCc2ccccn2)cc1)N1[C@H]2CCNC[C@@H]1CC2. The molecule has 3 heterocycles. The maximum absolute atomic E-state index is 12.8. The lowest BCUT2D eigenvalue weighted by atomic mass is 10.1. The molecule has 0 aliphatic carbocycles. The summed E-state index contributed by atoms with van der Waals surface area (Å²) in [6, 6.07) is 14.9. The lowest BCUT2D eigenvalue weighted by molar-refractivity contribution is 0.190. The van der Waals surface area contributed by atoms with Crippen molar-refractivity contribution in [2.45, 2.75) is 42.7 Å². The first-order valence-corrected chi connectivity index (χ1v) is 10.7. The van der Waals surface area contributed by atoms with E-state index in [9.17, 15) is 4.79 Å². The Morgan fingerprint density at radius 3 is 2.66 bits per heavy atom. The van der Waals surface area contributed by atoms with Gasteiger partial charge in [0.2, 0.25) is 0 Å². The van der Waals surface area contributed by atoms with Gasteiger partial charge in [0.05, 0.1) is 0 Å². The van der Waals surface area contributed by atoms with E-state index in [2.05, 4.69) is 38.7 Å². The Labute approximate surface area is 189 Å². The molecule has 2 saturated heterocycles. The molecule has 2 N–H and O–H groups in total. The van der Waals surface area contributed by atoms with E-state index in [0.29, 0.717) is 12.1 Å². The van der Waals surface area contributed by atoms with Gasteiger partial charge in [-0.05, 0) is 68.6 Å². The minimum atomic E-state index is 0. The molecule has 5 nitrogen and oxygen atoms in total. The first kappa shape index (κ1) is 23.8. The number of anilines is 1. The highest BCUT2D eigenvalue weighted by Gasteiger charge is 2.37. The van der Waals surface area contributed by atoms with Gasteiger partial charge in [-0.3, -0.25) is 4.98 Å². The lowest BCUT2D eigenvalue weighted by Gasteiger charge is -2.28. The number of aryl methyl sites for hydroxylation is 1. The predicted octanol–water partition coefficient (Wildman–Crippen LogP) is 4.62. The van der Waals surface area contributed by atoms with E-state index in [4.69, 9.17) is 0 Å². The maximum Gasteiger partial charge on any atom is 0.322 e. The van der Waals surface area contributed by atoms with Crippen molar-refractivity contribution >= 4 is 48.3 Å². The van der Waals surface area contributed by atoms with E-state index < -0.39 is 0 Å². The van der Waals surface area contributed by atoms with Crippen molar-refractivity contribution in [1.82, 2.24) is 15.2 Å². The Balaban J connectivity index is 0.00000150. The molecule has 0 spiro atoms. The number of halogens is 2. The van der Waals surface area contributed by atoms with Gasteiger partial charge in [0.1, 0.15) is 0 Å². The average molecular weight is 455 g/mol. The Morgan fingerprint density at radius 2 is 1.90 bits per heavy atom. The number of carbonyl (C=O) groups excluding carboxylic acids is 1. The van der Waals surface area contributed by atoms with E-state index in [-0.39, 0.29) is 30.8 Å². The fourth-order valence-electron chi connectivity index (χ4n) is 3.96. The number of aromatic nitrogens is 1. The Morgan fingerprint density at radius 1 is 1.10 bits per heavy atom. The van der Waals surface area contributed by atoms with Gasteiger partial charge in [-0.1, -0.05) is 6.07 Å². The minimum Gasteiger partial charge on any atom is -0.317 e. The first-order chi connectivity index (χ1) is 13.3. The van der Waals surface area contributed by atoms with Crippen molar-refractivity contribution in [1.29, 1.82) is 0 Å². The number of urea groups is 1. The molecule has 2 atom stereocenters. The summed E-state index contributed by atoms with van der Waals surface area (Å²) in [6.45, 7) is 1.92. The molecule has 1 aromatic heterocycles. The number of nitrogens with one attached hydrogen (secondary N) is 2. The minimum absolute atomic E-state index is 0. The number of thioether (sulfide) groups is 1. The number of nitrogens with zero attached hydrogens (tertiary/aromatic N) is 2. The number of pyridine rings is 1. The molecule has 1 aromatic carbocycles. The lowest BCUT2D eigenvalue weighted by Crippen LogP contribution is -2.44. The summed E-state index contributed by atoms with van der Waals surface area (Å²) in [5.74, 6) is 0.993. The second kappa shape index (κ2) is 11.6. The number of benzene rings is 1. The third-order valence-corrected chi connectivity index (χ3v) is 6.36. The van der Waals surface area contributed by atoms with Gasteiger partial charge in [-0.25, -0.2) is 4.79 Å². The zero-order valence-corrected chi connectivity index (χ0v) is 18.7. The monoisotopic (exact) mass is 454 g/mol. The van der Waals surface area contributed by atoms with Gasteiger partial charge in [-0.2, -0.15) is 0 Å². The molecule has 2 aliphatic rings. The highest BCUT2D eigenvalue weighted by atomic mass is 35.5. The standard InChI is InChI=1S/C21H26N4OS.2ClH/c26-21(25-18-6-7-19(25)15-22-13-10-18)24-17-4-8-20(9-5-17)27-14-11-16-3-1-2-12-23-16;;/h1-5,8-9,12,18-19,22H,6-7,10-11,13-15H2,(H,24,26);2*1H/t18-,19+;;/m1../s1. The molecule has 158 valence electrons. The molecule has 4 rings (SSSR count). The largest absolute Gasteiger partial charge is 0.322 e. The van der Waals surface area contributed by atoms with Gasteiger partial charge in [0.25, 0.3) is 0 Å². The summed E-state index contributed by atoms with van der Waals surface area (Å²) in [4.78, 5) is 20.4. The molecule has 2 bridgehead atoms. The van der Waals surface area contributed by atoms with Crippen molar-refractivity contribution in [2.24, 2.45) is 0 Å². The molecule has 2 aliphatic heterocycles. The van der Waals surface area contributed by atoms with Crippen LogP contribution in [0.25, 0.3) is 0 Å². The van der Waals surface area contributed by atoms with Crippen molar-refractivity contribution in [3.05, 3.63) is 54.4 Å². The smallest absolute Gasteiger partial charge is 0.317 e.